The van der Waals surface area contributed by atoms with E-state index in [9.17, 15) is 0 Å². The van der Waals surface area contributed by atoms with Crippen molar-refractivity contribution in [3.8, 4) is 5.75 Å². The van der Waals surface area contributed by atoms with Gasteiger partial charge in [-0.1, -0.05) is 19.1 Å². The maximum Gasteiger partial charge on any atom is 0.119 e. The number of likely N-dealkylation sites (N-methyl/N-ethyl adjacent to an activating group) is 1. The monoisotopic (exact) mass is 266 g/mol. The van der Waals surface area contributed by atoms with Crippen molar-refractivity contribution >= 4 is 17.2 Å². The number of nitrogens with one attached hydrogen (secondary N) is 1. The summed E-state index contributed by atoms with van der Waals surface area (Å²) in [5, 5.41) is 3.24. The predicted molar refractivity (Wildman–Crippen MR) is 80.5 cm³/mol. The molecular weight excluding hydrogens is 244 g/mol. The normalized spacial score (nSPS) is 10.4. The molecule has 4 heteroatoms. The van der Waals surface area contributed by atoms with Crippen LogP contribution < -0.4 is 10.1 Å². The van der Waals surface area contributed by atoms with Crippen LogP contribution in [0.2, 0.25) is 0 Å². The van der Waals surface area contributed by atoms with Crippen LogP contribution in [-0.4, -0.2) is 43.7 Å². The van der Waals surface area contributed by atoms with Gasteiger partial charge in [-0.2, -0.15) is 0 Å². The molecule has 1 rings (SSSR count). The minimum Gasteiger partial charge on any atom is -0.494 e. The Morgan fingerprint density at radius 1 is 1.28 bits per heavy atom. The second kappa shape index (κ2) is 8.06. The van der Waals surface area contributed by atoms with E-state index in [1.165, 1.54) is 0 Å². The molecule has 100 valence electrons. The minimum atomic E-state index is 0.755. The molecule has 0 unspecified atom stereocenters. The lowest BCUT2D eigenvalue weighted by Gasteiger charge is -2.12. The molecule has 1 aromatic rings. The molecule has 0 atom stereocenters. The van der Waals surface area contributed by atoms with Crippen molar-refractivity contribution in [3.63, 3.8) is 0 Å². The number of ether oxygens (including phenoxy) is 1. The molecule has 0 fully saturated rings. The summed E-state index contributed by atoms with van der Waals surface area (Å²) in [5.74, 6) is 0.900. The first-order chi connectivity index (χ1) is 8.63. The van der Waals surface area contributed by atoms with E-state index in [-0.39, 0.29) is 0 Å². The fourth-order valence-electron chi connectivity index (χ4n) is 1.42. The zero-order chi connectivity index (χ0) is 13.4. The Morgan fingerprint density at radius 2 is 1.94 bits per heavy atom. The van der Waals surface area contributed by atoms with E-state index >= 15 is 0 Å². The predicted octanol–water partition coefficient (Wildman–Crippen LogP) is 2.30. The molecule has 0 aliphatic rings. The summed E-state index contributed by atoms with van der Waals surface area (Å²) in [7, 11) is 4.09. The topological polar surface area (TPSA) is 24.5 Å². The van der Waals surface area contributed by atoms with Gasteiger partial charge in [-0.3, -0.25) is 0 Å². The fourth-order valence-corrected chi connectivity index (χ4v) is 1.66. The van der Waals surface area contributed by atoms with Gasteiger partial charge in [-0.15, -0.1) is 0 Å². The summed E-state index contributed by atoms with van der Waals surface area (Å²) in [5.41, 5.74) is 1.03. The molecule has 0 amide bonds. The Kier molecular flexibility index (Phi) is 6.68. The van der Waals surface area contributed by atoms with Gasteiger partial charge in [0.25, 0.3) is 0 Å². The van der Waals surface area contributed by atoms with Gasteiger partial charge in [0.05, 0.1) is 6.61 Å². The molecule has 0 bridgehead atoms. The largest absolute Gasteiger partial charge is 0.494 e. The Bertz CT molecular complexity index is 363. The summed E-state index contributed by atoms with van der Waals surface area (Å²) < 4.78 is 5.53. The second-order valence-electron chi connectivity index (χ2n) is 4.43. The summed E-state index contributed by atoms with van der Waals surface area (Å²) >= 11 is 5.33. The van der Waals surface area contributed by atoms with Crippen molar-refractivity contribution in [1.82, 2.24) is 10.2 Å². The van der Waals surface area contributed by atoms with Gasteiger partial charge in [0.1, 0.15) is 10.7 Å². The van der Waals surface area contributed by atoms with Crippen LogP contribution >= 0.6 is 12.2 Å². The van der Waals surface area contributed by atoms with Crippen LogP contribution in [0.5, 0.6) is 5.75 Å². The molecule has 0 heterocycles. The van der Waals surface area contributed by atoms with E-state index in [2.05, 4.69) is 17.1 Å². The summed E-state index contributed by atoms with van der Waals surface area (Å²) in [6.07, 6.45) is 1.02. The number of benzene rings is 1. The van der Waals surface area contributed by atoms with Gasteiger partial charge < -0.3 is 15.0 Å². The standard InChI is InChI=1S/C14H22N2OS/c1-4-11-17-13-7-5-12(6-8-13)14(18)15-9-10-16(2)3/h5-8H,4,9-11H2,1-3H3,(H,15,18). The third-order valence-electron chi connectivity index (χ3n) is 2.43. The Labute approximate surface area is 115 Å². The van der Waals surface area contributed by atoms with E-state index in [1.807, 2.05) is 38.4 Å². The first-order valence-corrected chi connectivity index (χ1v) is 6.70. The highest BCUT2D eigenvalue weighted by atomic mass is 32.1. The molecule has 0 aromatic heterocycles. The fraction of sp³-hybridized carbons (Fsp3) is 0.500. The molecule has 0 saturated carbocycles. The number of hydrogen-bond acceptors (Lipinski definition) is 3. The summed E-state index contributed by atoms with van der Waals surface area (Å²) in [4.78, 5) is 2.91. The van der Waals surface area contributed by atoms with Crippen LogP contribution in [0.25, 0.3) is 0 Å². The Hall–Kier alpha value is -1.13. The van der Waals surface area contributed by atoms with Gasteiger partial charge in [0.15, 0.2) is 0 Å². The number of nitrogens with zero attached hydrogens (tertiary/aromatic N) is 1. The average molecular weight is 266 g/mol. The molecule has 1 aromatic carbocycles. The number of hydrogen-bond donors (Lipinski definition) is 1. The van der Waals surface area contributed by atoms with Crippen molar-refractivity contribution < 1.29 is 4.74 Å². The van der Waals surface area contributed by atoms with Crippen LogP contribution in [0.3, 0.4) is 0 Å². The molecule has 0 aliphatic heterocycles. The van der Waals surface area contributed by atoms with Crippen molar-refractivity contribution in [1.29, 1.82) is 0 Å². The van der Waals surface area contributed by atoms with Crippen LogP contribution in [0.4, 0.5) is 0 Å². The van der Waals surface area contributed by atoms with Crippen LogP contribution in [0.1, 0.15) is 18.9 Å². The Morgan fingerprint density at radius 3 is 2.50 bits per heavy atom. The highest BCUT2D eigenvalue weighted by Crippen LogP contribution is 2.12. The lowest BCUT2D eigenvalue weighted by atomic mass is 10.2. The van der Waals surface area contributed by atoms with E-state index in [4.69, 9.17) is 17.0 Å². The maximum absolute atomic E-state index is 5.53. The molecule has 3 nitrogen and oxygen atoms in total. The lowest BCUT2D eigenvalue weighted by molar-refractivity contribution is 0.317. The SMILES string of the molecule is CCCOc1ccc(C(=S)NCCN(C)C)cc1. The minimum absolute atomic E-state index is 0.755. The first-order valence-electron chi connectivity index (χ1n) is 6.29. The zero-order valence-electron chi connectivity index (χ0n) is 11.4. The van der Waals surface area contributed by atoms with Crippen molar-refractivity contribution in [3.05, 3.63) is 29.8 Å². The highest BCUT2D eigenvalue weighted by Gasteiger charge is 2.01. The van der Waals surface area contributed by atoms with Crippen molar-refractivity contribution in [2.24, 2.45) is 0 Å². The molecule has 0 radical (unpaired) electrons. The zero-order valence-corrected chi connectivity index (χ0v) is 12.2. The van der Waals surface area contributed by atoms with Gasteiger partial charge in [0, 0.05) is 18.7 Å². The number of rotatable bonds is 7. The Balaban J connectivity index is 2.43. The molecule has 0 aliphatic carbocycles. The van der Waals surface area contributed by atoms with E-state index < -0.39 is 0 Å². The van der Waals surface area contributed by atoms with E-state index in [0.717, 1.165) is 42.4 Å². The van der Waals surface area contributed by atoms with Gasteiger partial charge in [0.2, 0.25) is 0 Å². The smallest absolute Gasteiger partial charge is 0.119 e. The van der Waals surface area contributed by atoms with Gasteiger partial charge >= 0.3 is 0 Å². The van der Waals surface area contributed by atoms with Crippen LogP contribution in [-0.2, 0) is 0 Å². The average Bonchev–Trinajstić information content (AvgIpc) is 2.36. The molecule has 1 N–H and O–H groups in total. The number of thiocarbonyl (C=S) groups is 1. The van der Waals surface area contributed by atoms with Gasteiger partial charge in [-0.05, 0) is 44.8 Å². The molecule has 0 spiro atoms. The summed E-state index contributed by atoms with van der Waals surface area (Å²) in [6.45, 7) is 4.68. The first kappa shape index (κ1) is 14.9. The third-order valence-corrected chi connectivity index (χ3v) is 2.81. The third kappa shape index (κ3) is 5.47. The van der Waals surface area contributed by atoms with Gasteiger partial charge in [-0.25, -0.2) is 0 Å². The second-order valence-corrected chi connectivity index (χ2v) is 4.84. The molecular formula is C14H22N2OS. The molecule has 18 heavy (non-hydrogen) atoms. The lowest BCUT2D eigenvalue weighted by Crippen LogP contribution is -2.30. The van der Waals surface area contributed by atoms with E-state index in [1.54, 1.807) is 0 Å². The highest BCUT2D eigenvalue weighted by molar-refractivity contribution is 7.80. The summed E-state index contributed by atoms with van der Waals surface area (Å²) in [6, 6.07) is 7.92. The van der Waals surface area contributed by atoms with Crippen molar-refractivity contribution in [2.75, 3.05) is 33.8 Å². The maximum atomic E-state index is 5.53. The van der Waals surface area contributed by atoms with Crippen molar-refractivity contribution in [2.45, 2.75) is 13.3 Å². The van der Waals surface area contributed by atoms with Crippen LogP contribution in [0.15, 0.2) is 24.3 Å². The van der Waals surface area contributed by atoms with E-state index in [0.29, 0.717) is 0 Å². The van der Waals surface area contributed by atoms with Crippen LogP contribution in [0, 0.1) is 0 Å². The molecule has 0 saturated heterocycles. The quantitative estimate of drug-likeness (QED) is 0.765.